The lowest BCUT2D eigenvalue weighted by atomic mass is 10.3. The van der Waals surface area contributed by atoms with Gasteiger partial charge in [0, 0.05) is 17.9 Å². The van der Waals surface area contributed by atoms with Crippen molar-refractivity contribution in [1.82, 2.24) is 4.98 Å². The number of aromatic nitrogens is 1. The summed E-state index contributed by atoms with van der Waals surface area (Å²) in [4.78, 5) is 3.88. The summed E-state index contributed by atoms with van der Waals surface area (Å²) in [7, 11) is 0. The first kappa shape index (κ1) is 7.11. The quantitative estimate of drug-likeness (QED) is 0.711. The molecule has 0 atom stereocenters. The van der Waals surface area contributed by atoms with Crippen molar-refractivity contribution in [3.8, 4) is 6.07 Å². The number of anilines is 1. The molecule has 0 bridgehead atoms. The highest BCUT2D eigenvalue weighted by molar-refractivity contribution is 5.47. The first-order valence-electron chi connectivity index (χ1n) is 4.01. The van der Waals surface area contributed by atoms with Crippen LogP contribution in [0.3, 0.4) is 0 Å². The lowest BCUT2D eigenvalue weighted by Crippen LogP contribution is -2.00. The molecule has 0 saturated heterocycles. The second-order valence-electron chi connectivity index (χ2n) is 2.96. The topological polar surface area (TPSA) is 48.7 Å². The summed E-state index contributed by atoms with van der Waals surface area (Å²) in [5.41, 5.74) is 1.48. The zero-order valence-electron chi connectivity index (χ0n) is 6.62. The predicted octanol–water partition coefficient (Wildman–Crippen LogP) is 1.53. The number of pyridine rings is 1. The van der Waals surface area contributed by atoms with Crippen LogP contribution in [0, 0.1) is 11.3 Å². The highest BCUT2D eigenvalue weighted by Crippen LogP contribution is 2.24. The SMILES string of the molecule is N#Cc1cc(NC2CC2)ccn1. The highest BCUT2D eigenvalue weighted by atomic mass is 15.0. The summed E-state index contributed by atoms with van der Waals surface area (Å²) in [6, 6.07) is 6.30. The molecular formula is C9H9N3. The number of nitrogens with one attached hydrogen (secondary N) is 1. The van der Waals surface area contributed by atoms with E-state index in [-0.39, 0.29) is 0 Å². The van der Waals surface area contributed by atoms with Gasteiger partial charge in [-0.2, -0.15) is 5.26 Å². The average molecular weight is 159 g/mol. The normalized spacial score (nSPS) is 15.2. The van der Waals surface area contributed by atoms with E-state index < -0.39 is 0 Å². The van der Waals surface area contributed by atoms with Gasteiger partial charge in [0.2, 0.25) is 0 Å². The number of hydrogen-bond acceptors (Lipinski definition) is 3. The number of nitriles is 1. The molecule has 1 fully saturated rings. The first-order chi connectivity index (χ1) is 5.88. The zero-order valence-corrected chi connectivity index (χ0v) is 6.62. The van der Waals surface area contributed by atoms with Gasteiger partial charge in [-0.05, 0) is 25.0 Å². The van der Waals surface area contributed by atoms with E-state index in [1.807, 2.05) is 12.1 Å². The van der Waals surface area contributed by atoms with Crippen molar-refractivity contribution in [2.45, 2.75) is 18.9 Å². The summed E-state index contributed by atoms with van der Waals surface area (Å²) in [5.74, 6) is 0. The van der Waals surface area contributed by atoms with Crippen LogP contribution in [-0.4, -0.2) is 11.0 Å². The largest absolute Gasteiger partial charge is 0.382 e. The van der Waals surface area contributed by atoms with E-state index in [1.54, 1.807) is 12.3 Å². The molecule has 1 N–H and O–H groups in total. The number of hydrogen-bond donors (Lipinski definition) is 1. The summed E-state index contributed by atoms with van der Waals surface area (Å²) < 4.78 is 0. The Bertz CT molecular complexity index is 323. The van der Waals surface area contributed by atoms with Crippen LogP contribution in [0.5, 0.6) is 0 Å². The number of nitrogens with zero attached hydrogens (tertiary/aromatic N) is 2. The molecule has 60 valence electrons. The van der Waals surface area contributed by atoms with Gasteiger partial charge in [-0.1, -0.05) is 0 Å². The maximum absolute atomic E-state index is 8.57. The van der Waals surface area contributed by atoms with Gasteiger partial charge in [0.25, 0.3) is 0 Å². The van der Waals surface area contributed by atoms with Crippen molar-refractivity contribution < 1.29 is 0 Å². The fourth-order valence-corrected chi connectivity index (χ4v) is 1.04. The minimum absolute atomic E-state index is 0.473. The zero-order chi connectivity index (χ0) is 8.39. The van der Waals surface area contributed by atoms with Crippen LogP contribution in [0.2, 0.25) is 0 Å². The van der Waals surface area contributed by atoms with Crippen LogP contribution >= 0.6 is 0 Å². The van der Waals surface area contributed by atoms with Gasteiger partial charge >= 0.3 is 0 Å². The van der Waals surface area contributed by atoms with E-state index in [4.69, 9.17) is 5.26 Å². The van der Waals surface area contributed by atoms with Crippen LogP contribution in [-0.2, 0) is 0 Å². The van der Waals surface area contributed by atoms with Gasteiger partial charge in [0.1, 0.15) is 11.8 Å². The molecule has 0 spiro atoms. The molecule has 1 saturated carbocycles. The maximum Gasteiger partial charge on any atom is 0.142 e. The van der Waals surface area contributed by atoms with E-state index in [0.717, 1.165) is 5.69 Å². The van der Waals surface area contributed by atoms with E-state index >= 15 is 0 Å². The third-order valence-corrected chi connectivity index (χ3v) is 1.82. The Labute approximate surface area is 71.0 Å². The van der Waals surface area contributed by atoms with Crippen LogP contribution in [0.25, 0.3) is 0 Å². The van der Waals surface area contributed by atoms with E-state index in [9.17, 15) is 0 Å². The third kappa shape index (κ3) is 1.54. The van der Waals surface area contributed by atoms with E-state index in [2.05, 4.69) is 10.3 Å². The van der Waals surface area contributed by atoms with Gasteiger partial charge in [-0.15, -0.1) is 0 Å². The monoisotopic (exact) mass is 159 g/mol. The lowest BCUT2D eigenvalue weighted by Gasteiger charge is -2.02. The standard InChI is InChI=1S/C9H9N3/c10-6-9-5-8(3-4-11-9)12-7-1-2-7/h3-5,7H,1-2H2,(H,11,12). The molecule has 1 aliphatic carbocycles. The maximum atomic E-state index is 8.57. The molecule has 0 amide bonds. The molecule has 0 aromatic carbocycles. The Balaban J connectivity index is 2.15. The fraction of sp³-hybridized carbons (Fsp3) is 0.333. The fourth-order valence-electron chi connectivity index (χ4n) is 1.04. The molecular weight excluding hydrogens is 150 g/mol. The average Bonchev–Trinajstić information content (AvgIpc) is 2.89. The summed E-state index contributed by atoms with van der Waals surface area (Å²) >= 11 is 0. The van der Waals surface area contributed by atoms with Gasteiger partial charge in [-0.3, -0.25) is 0 Å². The molecule has 1 aromatic heterocycles. The van der Waals surface area contributed by atoms with Gasteiger partial charge in [0.05, 0.1) is 0 Å². The molecule has 0 unspecified atom stereocenters. The van der Waals surface area contributed by atoms with Crippen molar-refractivity contribution in [3.63, 3.8) is 0 Å². The van der Waals surface area contributed by atoms with Crippen molar-refractivity contribution in [2.24, 2.45) is 0 Å². The van der Waals surface area contributed by atoms with Gasteiger partial charge in [0.15, 0.2) is 0 Å². The molecule has 0 radical (unpaired) electrons. The van der Waals surface area contributed by atoms with Crippen LogP contribution in [0.1, 0.15) is 18.5 Å². The van der Waals surface area contributed by atoms with Crippen LogP contribution in [0.15, 0.2) is 18.3 Å². The summed E-state index contributed by atoms with van der Waals surface area (Å²) in [6.07, 6.45) is 4.14. The van der Waals surface area contributed by atoms with Crippen molar-refractivity contribution in [2.75, 3.05) is 5.32 Å². The summed E-state index contributed by atoms with van der Waals surface area (Å²) in [5, 5.41) is 11.9. The Morgan fingerprint density at radius 3 is 3.08 bits per heavy atom. The van der Waals surface area contributed by atoms with Crippen molar-refractivity contribution in [1.29, 1.82) is 5.26 Å². The predicted molar refractivity (Wildman–Crippen MR) is 45.6 cm³/mol. The highest BCUT2D eigenvalue weighted by Gasteiger charge is 2.20. The number of rotatable bonds is 2. The Hall–Kier alpha value is -1.56. The van der Waals surface area contributed by atoms with E-state index in [0.29, 0.717) is 11.7 Å². The molecule has 12 heavy (non-hydrogen) atoms. The Morgan fingerprint density at radius 2 is 2.42 bits per heavy atom. The minimum Gasteiger partial charge on any atom is -0.382 e. The smallest absolute Gasteiger partial charge is 0.142 e. The molecule has 1 aromatic rings. The molecule has 3 heteroatoms. The van der Waals surface area contributed by atoms with Gasteiger partial charge < -0.3 is 5.32 Å². The lowest BCUT2D eigenvalue weighted by molar-refractivity contribution is 1.14. The Kier molecular flexibility index (Phi) is 1.67. The van der Waals surface area contributed by atoms with Crippen LogP contribution in [0.4, 0.5) is 5.69 Å². The van der Waals surface area contributed by atoms with Gasteiger partial charge in [-0.25, -0.2) is 4.98 Å². The van der Waals surface area contributed by atoms with Crippen molar-refractivity contribution >= 4 is 5.69 Å². The van der Waals surface area contributed by atoms with Crippen LogP contribution < -0.4 is 5.32 Å². The second kappa shape index (κ2) is 2.82. The molecule has 1 heterocycles. The van der Waals surface area contributed by atoms with E-state index in [1.165, 1.54) is 12.8 Å². The Morgan fingerprint density at radius 1 is 1.58 bits per heavy atom. The first-order valence-corrected chi connectivity index (χ1v) is 4.01. The third-order valence-electron chi connectivity index (χ3n) is 1.82. The minimum atomic E-state index is 0.473. The molecule has 2 rings (SSSR count). The van der Waals surface area contributed by atoms with Crippen molar-refractivity contribution in [3.05, 3.63) is 24.0 Å². The molecule has 3 nitrogen and oxygen atoms in total. The summed E-state index contributed by atoms with van der Waals surface area (Å²) in [6.45, 7) is 0. The molecule has 0 aliphatic heterocycles. The molecule has 1 aliphatic rings. The second-order valence-corrected chi connectivity index (χ2v) is 2.96.